The van der Waals surface area contributed by atoms with E-state index in [2.05, 4.69) is 36.0 Å². The van der Waals surface area contributed by atoms with E-state index in [0.717, 1.165) is 4.47 Å². The summed E-state index contributed by atoms with van der Waals surface area (Å²) in [7, 11) is -3.85. The summed E-state index contributed by atoms with van der Waals surface area (Å²) in [5.41, 5.74) is 0. The maximum atomic E-state index is 11.8. The van der Waals surface area contributed by atoms with Gasteiger partial charge in [-0.2, -0.15) is 8.42 Å². The van der Waals surface area contributed by atoms with Crippen LogP contribution in [0.4, 0.5) is 4.39 Å². The van der Waals surface area contributed by atoms with Crippen LogP contribution in [0.1, 0.15) is 0 Å². The van der Waals surface area contributed by atoms with Gasteiger partial charge in [0.1, 0.15) is 6.67 Å². The second kappa shape index (κ2) is 5.38. The molecule has 0 aliphatic carbocycles. The zero-order chi connectivity index (χ0) is 11.5. The molecule has 0 aliphatic rings. The average Bonchev–Trinajstić information content (AvgIpc) is 2.19. The molecule has 0 aliphatic heterocycles. The van der Waals surface area contributed by atoms with E-state index in [-0.39, 0.29) is 4.90 Å². The molecule has 1 rings (SSSR count). The van der Waals surface area contributed by atoms with E-state index in [1.165, 1.54) is 12.1 Å². The molecule has 0 radical (unpaired) electrons. The van der Waals surface area contributed by atoms with Crippen LogP contribution in [-0.2, 0) is 14.3 Å². The largest absolute Gasteiger partial charge is 0.297 e. The van der Waals surface area contributed by atoms with Crippen molar-refractivity contribution < 1.29 is 17.0 Å². The lowest BCUT2D eigenvalue weighted by Crippen LogP contribution is -2.08. The molecule has 7 heteroatoms. The third-order valence-electron chi connectivity index (χ3n) is 1.50. The van der Waals surface area contributed by atoms with Gasteiger partial charge in [-0.1, -0.05) is 0 Å². The highest BCUT2D eigenvalue weighted by Crippen LogP contribution is 2.26. The molecule has 0 fully saturated rings. The summed E-state index contributed by atoms with van der Waals surface area (Å²) in [5, 5.41) is 0. The second-order valence-electron chi connectivity index (χ2n) is 2.54. The van der Waals surface area contributed by atoms with E-state index in [0.29, 0.717) is 4.47 Å². The Morgan fingerprint density at radius 2 is 1.93 bits per heavy atom. The van der Waals surface area contributed by atoms with Gasteiger partial charge in [0, 0.05) is 8.95 Å². The van der Waals surface area contributed by atoms with Crippen molar-refractivity contribution >= 4 is 42.0 Å². The van der Waals surface area contributed by atoms with Gasteiger partial charge in [0.2, 0.25) is 0 Å². The molecule has 0 bridgehead atoms. The SMILES string of the molecule is O=S(=O)(OCCF)c1ccc(Br)c(Br)c1. The van der Waals surface area contributed by atoms with Gasteiger partial charge in [0.25, 0.3) is 10.1 Å². The maximum absolute atomic E-state index is 11.8. The lowest BCUT2D eigenvalue weighted by molar-refractivity contribution is 0.277. The fourth-order valence-electron chi connectivity index (χ4n) is 0.842. The van der Waals surface area contributed by atoms with Gasteiger partial charge in [-0.15, -0.1) is 0 Å². The van der Waals surface area contributed by atoms with Crippen molar-refractivity contribution in [3.8, 4) is 0 Å². The Kier molecular flexibility index (Phi) is 4.69. The molecule has 0 saturated carbocycles. The Morgan fingerprint density at radius 1 is 1.27 bits per heavy atom. The van der Waals surface area contributed by atoms with Crippen molar-refractivity contribution in [1.29, 1.82) is 0 Å². The van der Waals surface area contributed by atoms with Crippen LogP contribution >= 0.6 is 31.9 Å². The van der Waals surface area contributed by atoms with Gasteiger partial charge in [0.05, 0.1) is 11.5 Å². The van der Waals surface area contributed by atoms with E-state index in [1.54, 1.807) is 6.07 Å². The minimum atomic E-state index is -3.85. The first-order chi connectivity index (χ1) is 6.97. The van der Waals surface area contributed by atoms with E-state index in [4.69, 9.17) is 0 Å². The lowest BCUT2D eigenvalue weighted by atomic mass is 10.4. The predicted octanol–water partition coefficient (Wildman–Crippen LogP) is 2.89. The molecule has 0 amide bonds. The van der Waals surface area contributed by atoms with Gasteiger partial charge in [-0.05, 0) is 50.1 Å². The first-order valence-electron chi connectivity index (χ1n) is 3.88. The van der Waals surface area contributed by atoms with Gasteiger partial charge < -0.3 is 0 Å². The quantitative estimate of drug-likeness (QED) is 0.774. The third-order valence-corrected chi connectivity index (χ3v) is 4.68. The summed E-state index contributed by atoms with van der Waals surface area (Å²) in [6, 6.07) is 4.33. The number of alkyl halides is 1. The van der Waals surface area contributed by atoms with Crippen molar-refractivity contribution in [3.05, 3.63) is 27.1 Å². The number of rotatable bonds is 4. The molecule has 3 nitrogen and oxygen atoms in total. The van der Waals surface area contributed by atoms with Crippen molar-refractivity contribution in [1.82, 2.24) is 0 Å². The summed E-state index contributed by atoms with van der Waals surface area (Å²) in [6.45, 7) is -1.30. The van der Waals surface area contributed by atoms with Crippen LogP contribution < -0.4 is 0 Å². The first kappa shape index (κ1) is 13.1. The van der Waals surface area contributed by atoms with Gasteiger partial charge >= 0.3 is 0 Å². The minimum Gasteiger partial charge on any atom is -0.264 e. The number of hydrogen-bond donors (Lipinski definition) is 0. The molecular weight excluding hydrogens is 355 g/mol. The Labute approximate surface area is 104 Å². The molecule has 15 heavy (non-hydrogen) atoms. The molecule has 0 spiro atoms. The number of hydrogen-bond acceptors (Lipinski definition) is 3. The second-order valence-corrected chi connectivity index (χ2v) is 5.87. The molecule has 0 atom stereocenters. The zero-order valence-corrected chi connectivity index (χ0v) is 11.4. The molecule has 0 saturated heterocycles. The van der Waals surface area contributed by atoms with Gasteiger partial charge in [-0.25, -0.2) is 4.39 Å². The third kappa shape index (κ3) is 3.51. The summed E-state index contributed by atoms with van der Waals surface area (Å²) in [4.78, 5) is -0.00831. The number of halogens is 3. The minimum absolute atomic E-state index is 0.00831. The monoisotopic (exact) mass is 360 g/mol. The van der Waals surface area contributed by atoms with Crippen LogP contribution in [-0.4, -0.2) is 21.7 Å². The molecule has 0 heterocycles. The van der Waals surface area contributed by atoms with Gasteiger partial charge in [0.15, 0.2) is 0 Å². The smallest absolute Gasteiger partial charge is 0.264 e. The lowest BCUT2D eigenvalue weighted by Gasteiger charge is -2.04. The van der Waals surface area contributed by atoms with E-state index < -0.39 is 23.4 Å². The predicted molar refractivity (Wildman–Crippen MR) is 61.0 cm³/mol. The number of benzene rings is 1. The Bertz CT molecular complexity index is 447. The van der Waals surface area contributed by atoms with Crippen molar-refractivity contribution in [3.63, 3.8) is 0 Å². The van der Waals surface area contributed by atoms with E-state index in [9.17, 15) is 12.8 Å². The summed E-state index contributed by atoms with van der Waals surface area (Å²) >= 11 is 6.37. The standard InChI is InChI=1S/C8H7Br2FO3S/c9-7-2-1-6(5-8(7)10)15(12,13)14-4-3-11/h1-2,5H,3-4H2. The fraction of sp³-hybridized carbons (Fsp3) is 0.250. The van der Waals surface area contributed by atoms with Crippen LogP contribution in [0.15, 0.2) is 32.0 Å². The summed E-state index contributed by atoms with van der Waals surface area (Å²) in [5.74, 6) is 0. The van der Waals surface area contributed by atoms with Crippen LogP contribution in [0.25, 0.3) is 0 Å². The zero-order valence-electron chi connectivity index (χ0n) is 7.41. The Morgan fingerprint density at radius 3 is 2.47 bits per heavy atom. The average molecular weight is 362 g/mol. The molecule has 84 valence electrons. The summed E-state index contributed by atoms with van der Waals surface area (Å²) < 4.78 is 40.4. The molecular formula is C8H7Br2FO3S. The Hall–Kier alpha value is 0.0200. The Balaban J connectivity index is 3.00. The van der Waals surface area contributed by atoms with Crippen LogP contribution in [0.2, 0.25) is 0 Å². The van der Waals surface area contributed by atoms with Crippen molar-refractivity contribution in [2.45, 2.75) is 4.90 Å². The van der Waals surface area contributed by atoms with Gasteiger partial charge in [-0.3, -0.25) is 4.18 Å². The normalized spacial score (nSPS) is 11.7. The highest BCUT2D eigenvalue weighted by atomic mass is 79.9. The molecule has 1 aromatic rings. The van der Waals surface area contributed by atoms with Crippen LogP contribution in [0.5, 0.6) is 0 Å². The highest BCUT2D eigenvalue weighted by Gasteiger charge is 2.15. The molecule has 0 N–H and O–H groups in total. The maximum Gasteiger partial charge on any atom is 0.297 e. The topological polar surface area (TPSA) is 43.4 Å². The van der Waals surface area contributed by atoms with Crippen LogP contribution in [0, 0.1) is 0 Å². The molecule has 0 aromatic heterocycles. The molecule has 1 aromatic carbocycles. The van der Waals surface area contributed by atoms with Crippen molar-refractivity contribution in [2.75, 3.05) is 13.3 Å². The van der Waals surface area contributed by atoms with Crippen molar-refractivity contribution in [2.24, 2.45) is 0 Å². The van der Waals surface area contributed by atoms with Crippen LogP contribution in [0.3, 0.4) is 0 Å². The van der Waals surface area contributed by atoms with E-state index >= 15 is 0 Å². The highest BCUT2D eigenvalue weighted by molar-refractivity contribution is 9.13. The molecule has 0 unspecified atom stereocenters. The first-order valence-corrected chi connectivity index (χ1v) is 6.87. The summed E-state index contributed by atoms with van der Waals surface area (Å²) in [6.07, 6.45) is 0. The van der Waals surface area contributed by atoms with E-state index in [1.807, 2.05) is 0 Å². The fourth-order valence-corrected chi connectivity index (χ4v) is 2.53.